The van der Waals surface area contributed by atoms with E-state index in [1.54, 1.807) is 12.1 Å². The fraction of sp³-hybridized carbons (Fsp3) is 0.105. The molecule has 1 aromatic heterocycles. The SMILES string of the molecule is C[C@@H](OC(=O)/C=C/c1nc2ccccc2o1)C(=O)Nc1ccc(F)c(Cl)c1. The highest BCUT2D eigenvalue weighted by molar-refractivity contribution is 6.31. The molecule has 2 aromatic carbocycles. The number of carbonyl (C=O) groups excluding carboxylic acids is 2. The van der Waals surface area contributed by atoms with Crippen molar-refractivity contribution in [3.63, 3.8) is 0 Å². The van der Waals surface area contributed by atoms with Crippen LogP contribution in [0.3, 0.4) is 0 Å². The Balaban J connectivity index is 1.57. The molecule has 1 heterocycles. The molecule has 6 nitrogen and oxygen atoms in total. The quantitative estimate of drug-likeness (QED) is 0.523. The minimum atomic E-state index is -1.07. The predicted octanol–water partition coefficient (Wildman–Crippen LogP) is 4.20. The third kappa shape index (κ3) is 4.71. The fourth-order valence-corrected chi connectivity index (χ4v) is 2.37. The fourth-order valence-electron chi connectivity index (χ4n) is 2.19. The summed E-state index contributed by atoms with van der Waals surface area (Å²) in [4.78, 5) is 28.1. The number of nitrogens with zero attached hydrogens (tertiary/aromatic N) is 1. The van der Waals surface area contributed by atoms with Crippen LogP contribution in [0.4, 0.5) is 10.1 Å². The Morgan fingerprint density at radius 1 is 1.30 bits per heavy atom. The monoisotopic (exact) mass is 388 g/mol. The first-order valence-corrected chi connectivity index (χ1v) is 8.30. The molecule has 0 aliphatic carbocycles. The maximum atomic E-state index is 13.1. The van der Waals surface area contributed by atoms with E-state index in [-0.39, 0.29) is 16.6 Å². The van der Waals surface area contributed by atoms with E-state index in [1.165, 1.54) is 25.1 Å². The van der Waals surface area contributed by atoms with Crippen molar-refractivity contribution in [1.82, 2.24) is 4.98 Å². The van der Waals surface area contributed by atoms with Gasteiger partial charge in [0, 0.05) is 17.8 Å². The highest BCUT2D eigenvalue weighted by Crippen LogP contribution is 2.19. The van der Waals surface area contributed by atoms with Crippen LogP contribution in [0.25, 0.3) is 17.2 Å². The molecule has 0 fully saturated rings. The Morgan fingerprint density at radius 3 is 2.81 bits per heavy atom. The Kier molecular flexibility index (Phi) is 5.52. The van der Waals surface area contributed by atoms with Gasteiger partial charge in [-0.2, -0.15) is 0 Å². The van der Waals surface area contributed by atoms with Gasteiger partial charge >= 0.3 is 5.97 Å². The van der Waals surface area contributed by atoms with Crippen LogP contribution in [0.5, 0.6) is 0 Å². The molecule has 0 unspecified atom stereocenters. The zero-order chi connectivity index (χ0) is 19.4. The minimum absolute atomic E-state index is 0.126. The molecule has 1 atom stereocenters. The average Bonchev–Trinajstić information content (AvgIpc) is 3.06. The number of para-hydroxylation sites is 2. The smallest absolute Gasteiger partial charge is 0.331 e. The van der Waals surface area contributed by atoms with Gasteiger partial charge in [-0.05, 0) is 37.3 Å². The number of amides is 1. The van der Waals surface area contributed by atoms with Gasteiger partial charge in [-0.25, -0.2) is 14.2 Å². The minimum Gasteiger partial charge on any atom is -0.449 e. The van der Waals surface area contributed by atoms with Gasteiger partial charge in [-0.1, -0.05) is 23.7 Å². The van der Waals surface area contributed by atoms with Gasteiger partial charge in [-0.3, -0.25) is 4.79 Å². The first-order valence-electron chi connectivity index (χ1n) is 7.92. The number of oxazole rings is 1. The molecule has 8 heteroatoms. The van der Waals surface area contributed by atoms with E-state index < -0.39 is 23.8 Å². The van der Waals surface area contributed by atoms with E-state index in [9.17, 15) is 14.0 Å². The molecule has 3 aromatic rings. The van der Waals surface area contributed by atoms with E-state index >= 15 is 0 Å². The number of aromatic nitrogens is 1. The first-order chi connectivity index (χ1) is 12.9. The van der Waals surface area contributed by atoms with E-state index in [4.69, 9.17) is 20.8 Å². The van der Waals surface area contributed by atoms with E-state index in [1.807, 2.05) is 12.1 Å². The van der Waals surface area contributed by atoms with Gasteiger partial charge in [0.2, 0.25) is 5.89 Å². The summed E-state index contributed by atoms with van der Waals surface area (Å²) < 4.78 is 23.6. The Labute approximate surface area is 158 Å². The molecule has 0 aliphatic heterocycles. The van der Waals surface area contributed by atoms with Crippen LogP contribution >= 0.6 is 11.6 Å². The molecule has 138 valence electrons. The lowest BCUT2D eigenvalue weighted by Gasteiger charge is -2.12. The topological polar surface area (TPSA) is 81.4 Å². The molecule has 0 saturated heterocycles. The summed E-state index contributed by atoms with van der Waals surface area (Å²) in [5, 5.41) is 2.36. The Hall–Kier alpha value is -3.19. The number of rotatable bonds is 5. The lowest BCUT2D eigenvalue weighted by molar-refractivity contribution is -0.148. The van der Waals surface area contributed by atoms with Crippen molar-refractivity contribution >= 4 is 46.3 Å². The Morgan fingerprint density at radius 2 is 2.07 bits per heavy atom. The number of benzene rings is 2. The lowest BCUT2D eigenvalue weighted by atomic mass is 10.3. The zero-order valence-electron chi connectivity index (χ0n) is 14.1. The number of halogens is 2. The van der Waals surface area contributed by atoms with Crippen molar-refractivity contribution < 1.29 is 23.1 Å². The molecule has 0 spiro atoms. The highest BCUT2D eigenvalue weighted by atomic mass is 35.5. The summed E-state index contributed by atoms with van der Waals surface area (Å²) in [6.07, 6.45) is 1.39. The number of hydrogen-bond acceptors (Lipinski definition) is 5. The van der Waals surface area contributed by atoms with Crippen molar-refractivity contribution in [3.8, 4) is 0 Å². The number of hydrogen-bond donors (Lipinski definition) is 1. The average molecular weight is 389 g/mol. The standard InChI is InChI=1S/C19H14ClFN2O4/c1-11(19(25)22-12-6-7-14(21)13(20)10-12)26-18(24)9-8-17-23-15-4-2-3-5-16(15)27-17/h2-11H,1H3,(H,22,25)/b9-8+/t11-/m1/s1. The number of anilines is 1. The van der Waals surface area contributed by atoms with Crippen LogP contribution in [0, 0.1) is 5.82 Å². The van der Waals surface area contributed by atoms with Gasteiger partial charge in [-0.15, -0.1) is 0 Å². The van der Waals surface area contributed by atoms with Crippen molar-refractivity contribution in [2.24, 2.45) is 0 Å². The largest absolute Gasteiger partial charge is 0.449 e. The third-order valence-electron chi connectivity index (χ3n) is 3.52. The van der Waals surface area contributed by atoms with Crippen molar-refractivity contribution in [2.45, 2.75) is 13.0 Å². The molecule has 0 saturated carbocycles. The molecular weight excluding hydrogens is 375 g/mol. The molecule has 0 bridgehead atoms. The second-order valence-electron chi connectivity index (χ2n) is 5.55. The molecule has 1 N–H and O–H groups in total. The van der Waals surface area contributed by atoms with E-state index in [0.717, 1.165) is 12.1 Å². The summed E-state index contributed by atoms with van der Waals surface area (Å²) in [5.41, 5.74) is 1.55. The second kappa shape index (κ2) is 8.01. The summed E-state index contributed by atoms with van der Waals surface area (Å²) in [6, 6.07) is 10.9. The molecule has 0 aliphatic rings. The zero-order valence-corrected chi connectivity index (χ0v) is 14.9. The van der Waals surface area contributed by atoms with Crippen LogP contribution in [0.2, 0.25) is 5.02 Å². The van der Waals surface area contributed by atoms with Crippen molar-refractivity contribution in [1.29, 1.82) is 0 Å². The van der Waals surface area contributed by atoms with Crippen LogP contribution in [0.15, 0.2) is 53.0 Å². The lowest BCUT2D eigenvalue weighted by Crippen LogP contribution is -2.29. The molecule has 27 heavy (non-hydrogen) atoms. The van der Waals surface area contributed by atoms with Gasteiger partial charge < -0.3 is 14.5 Å². The van der Waals surface area contributed by atoms with Crippen LogP contribution in [0.1, 0.15) is 12.8 Å². The maximum Gasteiger partial charge on any atom is 0.331 e. The molecule has 3 rings (SSSR count). The number of esters is 1. The number of fused-ring (bicyclic) bond motifs is 1. The summed E-state index contributed by atoms with van der Waals surface area (Å²) in [5.74, 6) is -1.68. The Bertz CT molecular complexity index is 998. The molecular formula is C19H14ClFN2O4. The van der Waals surface area contributed by atoms with E-state index in [2.05, 4.69) is 10.3 Å². The van der Waals surface area contributed by atoms with Crippen LogP contribution < -0.4 is 5.32 Å². The van der Waals surface area contributed by atoms with Crippen LogP contribution in [-0.4, -0.2) is 23.0 Å². The van der Waals surface area contributed by atoms with Crippen molar-refractivity contribution in [2.75, 3.05) is 5.32 Å². The van der Waals surface area contributed by atoms with Gasteiger partial charge in [0.1, 0.15) is 11.3 Å². The second-order valence-corrected chi connectivity index (χ2v) is 5.96. The normalized spacial score (nSPS) is 12.3. The summed E-state index contributed by atoms with van der Waals surface area (Å²) in [6.45, 7) is 1.41. The first kappa shape index (κ1) is 18.6. The summed E-state index contributed by atoms with van der Waals surface area (Å²) in [7, 11) is 0. The van der Waals surface area contributed by atoms with Gasteiger partial charge in [0.25, 0.3) is 5.91 Å². The summed E-state index contributed by atoms with van der Waals surface area (Å²) >= 11 is 5.65. The predicted molar refractivity (Wildman–Crippen MR) is 98.6 cm³/mol. The molecule has 1 amide bonds. The highest BCUT2D eigenvalue weighted by Gasteiger charge is 2.17. The number of nitrogens with one attached hydrogen (secondary N) is 1. The van der Waals surface area contributed by atoms with Crippen molar-refractivity contribution in [3.05, 3.63) is 65.3 Å². The number of carbonyl (C=O) groups is 2. The molecule has 0 radical (unpaired) electrons. The van der Waals surface area contributed by atoms with E-state index in [0.29, 0.717) is 11.1 Å². The maximum absolute atomic E-state index is 13.1. The third-order valence-corrected chi connectivity index (χ3v) is 3.81. The number of ether oxygens (including phenoxy) is 1. The van der Waals surface area contributed by atoms with Crippen LogP contribution in [-0.2, 0) is 14.3 Å². The van der Waals surface area contributed by atoms with Gasteiger partial charge in [0.05, 0.1) is 5.02 Å². The van der Waals surface area contributed by atoms with Gasteiger partial charge in [0.15, 0.2) is 11.7 Å².